The third-order valence-electron chi connectivity index (χ3n) is 4.47. The highest BCUT2D eigenvalue weighted by molar-refractivity contribution is 7.89. The summed E-state index contributed by atoms with van der Waals surface area (Å²) in [4.78, 5) is 26.4. The lowest BCUT2D eigenvalue weighted by Gasteiger charge is -2.31. The van der Waals surface area contributed by atoms with Gasteiger partial charge in [0.15, 0.2) is 0 Å². The first-order valence-electron chi connectivity index (χ1n) is 8.52. The molecule has 0 aliphatic carbocycles. The van der Waals surface area contributed by atoms with Crippen molar-refractivity contribution in [3.05, 3.63) is 29.8 Å². The van der Waals surface area contributed by atoms with Crippen LogP contribution in [0.15, 0.2) is 29.2 Å². The molecule has 0 radical (unpaired) electrons. The minimum Gasteiger partial charge on any atom is -0.352 e. The fraction of sp³-hybridized carbons (Fsp3) is 0.556. The number of nitrogens with one attached hydrogen (secondary N) is 1. The lowest BCUT2D eigenvalue weighted by molar-refractivity contribution is -0.132. The van der Waals surface area contributed by atoms with E-state index in [0.29, 0.717) is 13.1 Å². The van der Waals surface area contributed by atoms with E-state index in [1.54, 1.807) is 17.0 Å². The summed E-state index contributed by atoms with van der Waals surface area (Å²) in [6.45, 7) is 6.58. The molecule has 1 aliphatic rings. The monoisotopic (exact) mass is 381 g/mol. The van der Waals surface area contributed by atoms with Gasteiger partial charge in [0, 0.05) is 39.1 Å². The van der Waals surface area contributed by atoms with Gasteiger partial charge in [0.2, 0.25) is 21.8 Å². The van der Waals surface area contributed by atoms with Gasteiger partial charge in [-0.05, 0) is 38.5 Å². The fourth-order valence-electron chi connectivity index (χ4n) is 2.85. The normalized spacial score (nSPS) is 18.5. The fourth-order valence-corrected chi connectivity index (χ4v) is 3.76. The predicted octanol–water partition coefficient (Wildman–Crippen LogP) is 1.20. The number of sulfonamides is 1. The standard InChI is InChI=1S/C18H27N3O4S/c1-18(2,3)21-12-14(10-16(21)22)17(23)19-11-13-6-8-15(9-7-13)26(24,25)20(4)5/h6-9,14H,10-12H2,1-5H3,(H,19,23). The third-order valence-corrected chi connectivity index (χ3v) is 6.30. The van der Waals surface area contributed by atoms with Crippen molar-refractivity contribution in [2.75, 3.05) is 20.6 Å². The Labute approximate surface area is 155 Å². The highest BCUT2D eigenvalue weighted by Crippen LogP contribution is 2.26. The maximum atomic E-state index is 12.4. The second-order valence-electron chi connectivity index (χ2n) is 7.73. The highest BCUT2D eigenvalue weighted by atomic mass is 32.2. The minimum absolute atomic E-state index is 0.00380. The molecule has 1 saturated heterocycles. The molecule has 1 atom stereocenters. The van der Waals surface area contributed by atoms with Gasteiger partial charge in [0.1, 0.15) is 0 Å². The van der Waals surface area contributed by atoms with Crippen LogP contribution >= 0.6 is 0 Å². The van der Waals surface area contributed by atoms with E-state index < -0.39 is 10.0 Å². The Hall–Kier alpha value is -1.93. The maximum absolute atomic E-state index is 12.4. The number of hydrogen-bond donors (Lipinski definition) is 1. The van der Waals surface area contributed by atoms with E-state index in [1.165, 1.54) is 26.2 Å². The van der Waals surface area contributed by atoms with Gasteiger partial charge in [-0.2, -0.15) is 0 Å². The summed E-state index contributed by atoms with van der Waals surface area (Å²) < 4.78 is 25.2. The molecule has 8 heteroatoms. The van der Waals surface area contributed by atoms with Crippen LogP contribution in [0.5, 0.6) is 0 Å². The predicted molar refractivity (Wildman–Crippen MR) is 98.7 cm³/mol. The molecule has 1 aromatic carbocycles. The molecule has 1 fully saturated rings. The molecule has 144 valence electrons. The molecule has 2 amide bonds. The molecule has 0 spiro atoms. The zero-order valence-electron chi connectivity index (χ0n) is 15.9. The number of benzene rings is 1. The summed E-state index contributed by atoms with van der Waals surface area (Å²) in [7, 11) is -0.503. The van der Waals surface area contributed by atoms with Gasteiger partial charge < -0.3 is 10.2 Å². The molecule has 1 N–H and O–H groups in total. The van der Waals surface area contributed by atoms with E-state index in [-0.39, 0.29) is 34.6 Å². The number of amides is 2. The van der Waals surface area contributed by atoms with Crippen molar-refractivity contribution in [2.45, 2.75) is 44.2 Å². The van der Waals surface area contributed by atoms with Gasteiger partial charge in [-0.25, -0.2) is 12.7 Å². The molecule has 0 saturated carbocycles. The van der Waals surface area contributed by atoms with Crippen LogP contribution in [-0.4, -0.2) is 55.6 Å². The van der Waals surface area contributed by atoms with Crippen molar-refractivity contribution >= 4 is 21.8 Å². The minimum atomic E-state index is -3.46. The van der Waals surface area contributed by atoms with Crippen molar-refractivity contribution in [1.29, 1.82) is 0 Å². The Morgan fingerprint density at radius 3 is 2.27 bits per heavy atom. The molecule has 1 aromatic rings. The summed E-state index contributed by atoms with van der Waals surface area (Å²) >= 11 is 0. The Morgan fingerprint density at radius 2 is 1.81 bits per heavy atom. The number of carbonyl (C=O) groups excluding carboxylic acids is 2. The number of rotatable bonds is 5. The summed E-state index contributed by atoms with van der Waals surface area (Å²) in [6.07, 6.45) is 0.225. The van der Waals surface area contributed by atoms with E-state index in [0.717, 1.165) is 9.87 Å². The smallest absolute Gasteiger partial charge is 0.242 e. The SMILES string of the molecule is CN(C)S(=O)(=O)c1ccc(CNC(=O)C2CC(=O)N(C(C)(C)C)C2)cc1. The average molecular weight is 381 g/mol. The van der Waals surface area contributed by atoms with Crippen molar-refractivity contribution in [2.24, 2.45) is 5.92 Å². The molecule has 7 nitrogen and oxygen atoms in total. The number of likely N-dealkylation sites (tertiary alicyclic amines) is 1. The zero-order chi connectivity index (χ0) is 19.7. The van der Waals surface area contributed by atoms with E-state index in [1.807, 2.05) is 20.8 Å². The van der Waals surface area contributed by atoms with Gasteiger partial charge in [0.05, 0.1) is 10.8 Å². The van der Waals surface area contributed by atoms with E-state index in [9.17, 15) is 18.0 Å². The molecule has 1 aliphatic heterocycles. The summed E-state index contributed by atoms with van der Waals surface area (Å²) in [5.41, 5.74) is 0.507. The lowest BCUT2D eigenvalue weighted by atomic mass is 10.1. The van der Waals surface area contributed by atoms with Crippen molar-refractivity contribution in [3.8, 4) is 0 Å². The Kier molecular flexibility index (Phi) is 5.77. The van der Waals surface area contributed by atoms with E-state index >= 15 is 0 Å². The molecule has 2 rings (SSSR count). The molecule has 1 heterocycles. The largest absolute Gasteiger partial charge is 0.352 e. The summed E-state index contributed by atoms with van der Waals surface area (Å²) in [6, 6.07) is 6.41. The van der Waals surface area contributed by atoms with Crippen LogP contribution in [0.3, 0.4) is 0 Å². The first kappa shape index (κ1) is 20.4. The molecule has 26 heavy (non-hydrogen) atoms. The number of hydrogen-bond acceptors (Lipinski definition) is 4. The van der Waals surface area contributed by atoms with Crippen LogP contribution in [0.25, 0.3) is 0 Å². The second kappa shape index (κ2) is 7.36. The number of carbonyl (C=O) groups is 2. The van der Waals surface area contributed by atoms with Crippen LogP contribution in [-0.2, 0) is 26.2 Å². The topological polar surface area (TPSA) is 86.8 Å². The molecular weight excluding hydrogens is 354 g/mol. The van der Waals surface area contributed by atoms with Crippen LogP contribution in [0.1, 0.15) is 32.8 Å². The van der Waals surface area contributed by atoms with Crippen molar-refractivity contribution in [1.82, 2.24) is 14.5 Å². The lowest BCUT2D eigenvalue weighted by Crippen LogP contribution is -2.43. The average Bonchev–Trinajstić information content (AvgIpc) is 2.95. The van der Waals surface area contributed by atoms with E-state index in [2.05, 4.69) is 5.32 Å². The maximum Gasteiger partial charge on any atom is 0.242 e. The summed E-state index contributed by atoms with van der Waals surface area (Å²) in [5, 5.41) is 2.84. The third kappa shape index (κ3) is 4.42. The van der Waals surface area contributed by atoms with Gasteiger partial charge in [-0.15, -0.1) is 0 Å². The molecule has 0 bridgehead atoms. The van der Waals surface area contributed by atoms with Gasteiger partial charge in [-0.3, -0.25) is 9.59 Å². The van der Waals surface area contributed by atoms with Gasteiger partial charge in [-0.1, -0.05) is 12.1 Å². The van der Waals surface area contributed by atoms with Crippen molar-refractivity contribution < 1.29 is 18.0 Å². The molecule has 0 aromatic heterocycles. The van der Waals surface area contributed by atoms with E-state index in [4.69, 9.17) is 0 Å². The van der Waals surface area contributed by atoms with Crippen molar-refractivity contribution in [3.63, 3.8) is 0 Å². The first-order valence-corrected chi connectivity index (χ1v) is 9.96. The molecule has 1 unspecified atom stereocenters. The van der Waals surface area contributed by atoms with Crippen LogP contribution in [0.4, 0.5) is 0 Å². The van der Waals surface area contributed by atoms with Crippen LogP contribution in [0, 0.1) is 5.92 Å². The Morgan fingerprint density at radius 1 is 1.23 bits per heavy atom. The highest BCUT2D eigenvalue weighted by Gasteiger charge is 2.39. The quantitative estimate of drug-likeness (QED) is 0.830. The Bertz CT molecular complexity index is 780. The van der Waals surface area contributed by atoms with Gasteiger partial charge in [0.25, 0.3) is 0 Å². The zero-order valence-corrected chi connectivity index (χ0v) is 16.8. The second-order valence-corrected chi connectivity index (χ2v) is 9.88. The summed E-state index contributed by atoms with van der Waals surface area (Å²) in [5.74, 6) is -0.513. The molecular formula is C18H27N3O4S. The first-order chi connectivity index (χ1) is 11.9. The van der Waals surface area contributed by atoms with Crippen LogP contribution < -0.4 is 5.32 Å². The van der Waals surface area contributed by atoms with Crippen LogP contribution in [0.2, 0.25) is 0 Å². The Balaban J connectivity index is 1.95. The van der Waals surface area contributed by atoms with Gasteiger partial charge >= 0.3 is 0 Å². The number of nitrogens with zero attached hydrogens (tertiary/aromatic N) is 2.